The summed E-state index contributed by atoms with van der Waals surface area (Å²) < 4.78 is 0. The summed E-state index contributed by atoms with van der Waals surface area (Å²) in [4.78, 5) is 34.6. The molecule has 140 valence electrons. The summed E-state index contributed by atoms with van der Waals surface area (Å²) in [6.45, 7) is 7.05. The Labute approximate surface area is 160 Å². The zero-order valence-electron chi connectivity index (χ0n) is 14.9. The van der Waals surface area contributed by atoms with Gasteiger partial charge < -0.3 is 15.3 Å². The van der Waals surface area contributed by atoms with E-state index in [-0.39, 0.29) is 22.7 Å². The summed E-state index contributed by atoms with van der Waals surface area (Å²) in [6, 6.07) is -0.00525. The van der Waals surface area contributed by atoms with Crippen molar-refractivity contribution in [1.82, 2.24) is 10.3 Å². The van der Waals surface area contributed by atoms with Gasteiger partial charge in [0.15, 0.2) is 5.13 Å². The highest BCUT2D eigenvalue weighted by atomic mass is 35.5. The van der Waals surface area contributed by atoms with E-state index in [9.17, 15) is 14.7 Å². The van der Waals surface area contributed by atoms with Crippen LogP contribution in [-0.2, 0) is 4.79 Å². The molecule has 0 atom stereocenters. The third kappa shape index (κ3) is 3.61. The molecule has 0 bridgehead atoms. The van der Waals surface area contributed by atoms with Gasteiger partial charge in [0, 0.05) is 19.5 Å². The van der Waals surface area contributed by atoms with Crippen LogP contribution in [0.25, 0.3) is 0 Å². The minimum absolute atomic E-state index is 0.00525. The third-order valence-electron chi connectivity index (χ3n) is 4.47. The first-order valence-electron chi connectivity index (χ1n) is 8.55. The van der Waals surface area contributed by atoms with E-state index in [0.717, 1.165) is 12.0 Å². The van der Waals surface area contributed by atoms with Crippen LogP contribution in [0, 0.1) is 0 Å². The molecule has 3 rings (SSSR count). The number of carboxylic acid groups (broad SMARTS) is 1. The maximum atomic E-state index is 12.3. The van der Waals surface area contributed by atoms with Crippen LogP contribution in [0.1, 0.15) is 54.9 Å². The summed E-state index contributed by atoms with van der Waals surface area (Å²) in [6.07, 6.45) is 1.29. The molecule has 1 aromatic heterocycles. The predicted molar refractivity (Wildman–Crippen MR) is 103 cm³/mol. The van der Waals surface area contributed by atoms with E-state index in [1.807, 2.05) is 25.7 Å². The molecule has 2 aliphatic rings. The lowest BCUT2D eigenvalue weighted by Gasteiger charge is -2.39. The number of halogens is 1. The summed E-state index contributed by atoms with van der Waals surface area (Å²) in [7, 11) is 0. The SMILES string of the molecule is CCC1=C(Cl)N=C(C(=O)NC2CN(c3nc(C(C)C)c(C(=O)O)s3)C2)C1. The van der Waals surface area contributed by atoms with Crippen molar-refractivity contribution >= 4 is 45.7 Å². The molecule has 7 nitrogen and oxygen atoms in total. The maximum absolute atomic E-state index is 12.3. The molecule has 1 saturated heterocycles. The Morgan fingerprint density at radius 3 is 2.62 bits per heavy atom. The Morgan fingerprint density at radius 1 is 1.42 bits per heavy atom. The molecule has 9 heteroatoms. The Kier molecular flexibility index (Phi) is 5.34. The second-order valence-electron chi connectivity index (χ2n) is 6.73. The number of nitrogens with zero attached hydrogens (tertiary/aromatic N) is 3. The summed E-state index contributed by atoms with van der Waals surface area (Å²) in [5, 5.41) is 13.4. The van der Waals surface area contributed by atoms with Crippen LogP contribution in [0.5, 0.6) is 0 Å². The molecule has 1 aromatic rings. The number of carboxylic acids is 1. The van der Waals surface area contributed by atoms with Gasteiger partial charge in [-0.15, -0.1) is 0 Å². The van der Waals surface area contributed by atoms with Crippen molar-refractivity contribution in [2.75, 3.05) is 18.0 Å². The lowest BCUT2D eigenvalue weighted by atomic mass is 10.1. The quantitative estimate of drug-likeness (QED) is 0.721. The van der Waals surface area contributed by atoms with E-state index in [0.29, 0.717) is 41.2 Å². The van der Waals surface area contributed by atoms with Gasteiger partial charge in [-0.1, -0.05) is 43.7 Å². The number of thiazole rings is 1. The number of hydrogen-bond acceptors (Lipinski definition) is 6. The van der Waals surface area contributed by atoms with Crippen molar-refractivity contribution in [3.05, 3.63) is 21.3 Å². The predicted octanol–water partition coefficient (Wildman–Crippen LogP) is 2.97. The van der Waals surface area contributed by atoms with E-state index in [1.54, 1.807) is 0 Å². The van der Waals surface area contributed by atoms with Crippen LogP contribution in [-0.4, -0.2) is 46.8 Å². The highest BCUT2D eigenvalue weighted by molar-refractivity contribution is 7.17. The first-order valence-corrected chi connectivity index (χ1v) is 9.74. The molecule has 1 fully saturated rings. The van der Waals surface area contributed by atoms with Gasteiger partial charge in [0.25, 0.3) is 5.91 Å². The van der Waals surface area contributed by atoms with E-state index in [1.165, 1.54) is 11.3 Å². The summed E-state index contributed by atoms with van der Waals surface area (Å²) >= 11 is 7.21. The number of anilines is 1. The monoisotopic (exact) mass is 396 g/mol. The highest BCUT2D eigenvalue weighted by Gasteiger charge is 2.33. The van der Waals surface area contributed by atoms with Gasteiger partial charge in [-0.3, -0.25) is 4.79 Å². The number of carbonyl (C=O) groups excluding carboxylic acids is 1. The van der Waals surface area contributed by atoms with E-state index in [4.69, 9.17) is 11.6 Å². The second kappa shape index (κ2) is 7.36. The number of allylic oxidation sites excluding steroid dienone is 1. The number of carbonyl (C=O) groups is 2. The van der Waals surface area contributed by atoms with Crippen molar-refractivity contribution in [3.63, 3.8) is 0 Å². The zero-order chi connectivity index (χ0) is 19.0. The molecule has 2 N–H and O–H groups in total. The summed E-state index contributed by atoms with van der Waals surface area (Å²) in [5.74, 6) is -1.09. The molecule has 1 amide bonds. The number of amides is 1. The van der Waals surface area contributed by atoms with Gasteiger partial charge in [-0.2, -0.15) is 0 Å². The van der Waals surface area contributed by atoms with Crippen LogP contribution in [0.2, 0.25) is 0 Å². The van der Waals surface area contributed by atoms with Crippen molar-refractivity contribution in [2.45, 2.75) is 45.6 Å². The van der Waals surface area contributed by atoms with Crippen LogP contribution in [0.3, 0.4) is 0 Å². The molecule has 0 saturated carbocycles. The topological polar surface area (TPSA) is 94.9 Å². The molecular weight excluding hydrogens is 376 g/mol. The van der Waals surface area contributed by atoms with Gasteiger partial charge in [0.2, 0.25) is 0 Å². The van der Waals surface area contributed by atoms with Crippen LogP contribution >= 0.6 is 22.9 Å². The van der Waals surface area contributed by atoms with E-state index in [2.05, 4.69) is 15.3 Å². The van der Waals surface area contributed by atoms with E-state index < -0.39 is 5.97 Å². The number of aromatic nitrogens is 1. The van der Waals surface area contributed by atoms with E-state index >= 15 is 0 Å². The van der Waals surface area contributed by atoms with Gasteiger partial charge in [0.1, 0.15) is 15.7 Å². The smallest absolute Gasteiger partial charge is 0.347 e. The molecule has 26 heavy (non-hydrogen) atoms. The van der Waals surface area contributed by atoms with Gasteiger partial charge in [-0.25, -0.2) is 14.8 Å². The second-order valence-corrected chi connectivity index (χ2v) is 8.06. The minimum atomic E-state index is -0.946. The lowest BCUT2D eigenvalue weighted by molar-refractivity contribution is -0.115. The van der Waals surface area contributed by atoms with Crippen molar-refractivity contribution in [2.24, 2.45) is 4.99 Å². The van der Waals surface area contributed by atoms with Gasteiger partial charge in [-0.05, 0) is 17.9 Å². The average Bonchev–Trinajstić information content (AvgIpc) is 3.14. The molecule has 0 spiro atoms. The van der Waals surface area contributed by atoms with Crippen LogP contribution in [0.15, 0.2) is 15.7 Å². The number of nitrogens with one attached hydrogen (secondary N) is 1. The number of aliphatic imine (C=N–C) groups is 1. The number of rotatable bonds is 6. The molecular formula is C17H21ClN4O3S. The Balaban J connectivity index is 1.57. The van der Waals surface area contributed by atoms with Crippen molar-refractivity contribution < 1.29 is 14.7 Å². The standard InChI is InChI=1S/C17H21ClN4O3S/c1-4-9-5-11(20-14(9)18)15(23)19-10-6-22(7-10)17-21-12(8(2)3)13(26-17)16(24)25/h8,10H,4-7H2,1-3H3,(H,19,23)(H,24,25). The first kappa shape index (κ1) is 18.8. The van der Waals surface area contributed by atoms with Crippen LogP contribution < -0.4 is 10.2 Å². The molecule has 0 unspecified atom stereocenters. The van der Waals surface area contributed by atoms with Crippen molar-refractivity contribution in [1.29, 1.82) is 0 Å². The molecule has 2 aliphatic heterocycles. The third-order valence-corrected chi connectivity index (χ3v) is 5.94. The fourth-order valence-electron chi connectivity index (χ4n) is 2.91. The fourth-order valence-corrected chi connectivity index (χ4v) is 4.29. The fraction of sp³-hybridized carbons (Fsp3) is 0.529. The molecule has 0 radical (unpaired) electrons. The normalized spacial score (nSPS) is 17.6. The number of hydrogen-bond donors (Lipinski definition) is 2. The Morgan fingerprint density at radius 2 is 2.12 bits per heavy atom. The van der Waals surface area contributed by atoms with Crippen molar-refractivity contribution in [3.8, 4) is 0 Å². The Bertz CT molecular complexity index is 809. The van der Waals surface area contributed by atoms with Crippen LogP contribution in [0.4, 0.5) is 5.13 Å². The van der Waals surface area contributed by atoms with Gasteiger partial charge in [0.05, 0.1) is 11.7 Å². The molecule has 3 heterocycles. The molecule has 0 aliphatic carbocycles. The summed E-state index contributed by atoms with van der Waals surface area (Å²) in [5.41, 5.74) is 2.05. The first-order chi connectivity index (χ1) is 12.3. The largest absolute Gasteiger partial charge is 0.477 e. The minimum Gasteiger partial charge on any atom is -0.477 e. The number of aromatic carboxylic acids is 1. The van der Waals surface area contributed by atoms with Gasteiger partial charge >= 0.3 is 5.97 Å². The Hall–Kier alpha value is -1.93. The maximum Gasteiger partial charge on any atom is 0.347 e. The lowest BCUT2D eigenvalue weighted by Crippen LogP contribution is -2.60. The zero-order valence-corrected chi connectivity index (χ0v) is 16.4. The average molecular weight is 397 g/mol. The molecule has 0 aromatic carbocycles. The highest BCUT2D eigenvalue weighted by Crippen LogP contribution is 2.33.